The van der Waals surface area contributed by atoms with Crippen molar-refractivity contribution in [1.29, 1.82) is 0 Å². The van der Waals surface area contributed by atoms with E-state index >= 15 is 0 Å². The quantitative estimate of drug-likeness (QED) is 0.430. The molecule has 0 fully saturated rings. The van der Waals surface area contributed by atoms with Gasteiger partial charge in [-0.3, -0.25) is 4.48 Å². The summed E-state index contributed by atoms with van der Waals surface area (Å²) in [6.07, 6.45) is 6.50. The minimum absolute atomic E-state index is 0.988. The molecule has 1 nitrogen and oxygen atoms in total. The number of quaternary nitrogens is 1. The second-order valence-corrected chi connectivity index (χ2v) is 3.29. The molecule has 1 aliphatic heterocycles. The monoisotopic (exact) mass is 124 g/mol. The van der Waals surface area contributed by atoms with E-state index in [9.17, 15) is 0 Å². The molecule has 1 heteroatoms. The Morgan fingerprint density at radius 3 is 2.44 bits per heavy atom. The molecular weight excluding hydrogens is 110 g/mol. The maximum absolute atomic E-state index is 2.20. The number of likely N-dealkylation sites (N-methyl/N-ethyl adjacent to an activating group) is 1. The van der Waals surface area contributed by atoms with Crippen LogP contribution < -0.4 is 0 Å². The molecule has 0 unspecified atom stereocenters. The summed E-state index contributed by atoms with van der Waals surface area (Å²) in [7, 11) is 4.40. The Hall–Kier alpha value is -0.560. The summed E-state index contributed by atoms with van der Waals surface area (Å²) in [6, 6.07) is 0. The number of allylic oxidation sites excluding steroid dienone is 2. The van der Waals surface area contributed by atoms with Crippen molar-refractivity contribution in [3.05, 3.63) is 23.9 Å². The fourth-order valence-corrected chi connectivity index (χ4v) is 1.19. The third kappa shape index (κ3) is 1.68. The van der Waals surface area contributed by atoms with E-state index in [1.807, 2.05) is 0 Å². The number of hydrogen-bond donors (Lipinski definition) is 0. The number of rotatable bonds is 0. The molecule has 0 amide bonds. The topological polar surface area (TPSA) is 0 Å². The fourth-order valence-electron chi connectivity index (χ4n) is 1.19. The number of nitrogens with zero attached hydrogens (tertiary/aromatic N) is 1. The lowest BCUT2D eigenvalue weighted by Gasteiger charge is -2.27. The van der Waals surface area contributed by atoms with Gasteiger partial charge in [-0.25, -0.2) is 0 Å². The van der Waals surface area contributed by atoms with Crippen LogP contribution in [0.5, 0.6) is 0 Å². The standard InChI is InChI=1S/C8H14N/c1-8-5-4-6-9(2,3)7-8/h4-6H,7H2,1-3H3/q+1. The highest BCUT2D eigenvalue weighted by Crippen LogP contribution is 2.10. The maximum Gasteiger partial charge on any atom is 0.104 e. The van der Waals surface area contributed by atoms with Gasteiger partial charge in [0, 0.05) is 0 Å². The van der Waals surface area contributed by atoms with Gasteiger partial charge in [-0.15, -0.1) is 0 Å². The highest BCUT2D eigenvalue weighted by molar-refractivity contribution is 5.12. The first-order chi connectivity index (χ1) is 4.10. The zero-order chi connectivity index (χ0) is 6.91. The molecule has 0 atom stereocenters. The van der Waals surface area contributed by atoms with Crippen molar-refractivity contribution in [2.45, 2.75) is 6.92 Å². The molecule has 50 valence electrons. The molecule has 9 heavy (non-hydrogen) atoms. The van der Waals surface area contributed by atoms with Crippen molar-refractivity contribution < 1.29 is 4.48 Å². The largest absolute Gasteiger partial charge is 0.299 e. The van der Waals surface area contributed by atoms with Gasteiger partial charge in [-0.2, -0.15) is 0 Å². The molecule has 0 saturated heterocycles. The predicted molar refractivity (Wildman–Crippen MR) is 39.9 cm³/mol. The second-order valence-electron chi connectivity index (χ2n) is 3.29. The van der Waals surface area contributed by atoms with E-state index in [0.29, 0.717) is 0 Å². The Balaban J connectivity index is 2.73. The summed E-state index contributed by atoms with van der Waals surface area (Å²) < 4.78 is 0.988. The molecule has 1 heterocycles. The minimum atomic E-state index is 0.988. The minimum Gasteiger partial charge on any atom is -0.299 e. The predicted octanol–water partition coefficient (Wildman–Crippen LogP) is 1.54. The van der Waals surface area contributed by atoms with Crippen molar-refractivity contribution in [1.82, 2.24) is 0 Å². The summed E-state index contributed by atoms with van der Waals surface area (Å²) in [6.45, 7) is 3.32. The van der Waals surface area contributed by atoms with Gasteiger partial charge in [0.15, 0.2) is 0 Å². The van der Waals surface area contributed by atoms with Gasteiger partial charge in [0.25, 0.3) is 0 Å². The van der Waals surface area contributed by atoms with Gasteiger partial charge < -0.3 is 0 Å². The van der Waals surface area contributed by atoms with Gasteiger partial charge in [0.1, 0.15) is 6.54 Å². The first-order valence-corrected chi connectivity index (χ1v) is 3.28. The first kappa shape index (κ1) is 6.56. The van der Waals surface area contributed by atoms with E-state index in [1.54, 1.807) is 0 Å². The van der Waals surface area contributed by atoms with E-state index in [4.69, 9.17) is 0 Å². The third-order valence-electron chi connectivity index (χ3n) is 1.53. The molecule has 0 N–H and O–H groups in total. The van der Waals surface area contributed by atoms with Gasteiger partial charge in [-0.1, -0.05) is 6.08 Å². The van der Waals surface area contributed by atoms with E-state index in [1.165, 1.54) is 5.57 Å². The summed E-state index contributed by atoms with van der Waals surface area (Å²) in [4.78, 5) is 0. The first-order valence-electron chi connectivity index (χ1n) is 3.28. The molecule has 0 aromatic heterocycles. The van der Waals surface area contributed by atoms with Crippen LogP contribution in [-0.4, -0.2) is 25.1 Å². The van der Waals surface area contributed by atoms with E-state index in [-0.39, 0.29) is 0 Å². The normalized spacial score (nSPS) is 23.7. The molecule has 0 aliphatic carbocycles. The Morgan fingerprint density at radius 2 is 2.11 bits per heavy atom. The molecule has 1 rings (SSSR count). The Labute approximate surface area is 56.9 Å². The van der Waals surface area contributed by atoms with Gasteiger partial charge in [-0.05, 0) is 18.6 Å². The third-order valence-corrected chi connectivity index (χ3v) is 1.53. The zero-order valence-electron chi connectivity index (χ0n) is 6.39. The molecule has 0 bridgehead atoms. The lowest BCUT2D eigenvalue weighted by Crippen LogP contribution is -2.35. The SMILES string of the molecule is CC1=CC=C[N+](C)(C)C1. The Kier molecular flexibility index (Phi) is 1.45. The van der Waals surface area contributed by atoms with Crippen molar-refractivity contribution in [3.63, 3.8) is 0 Å². The van der Waals surface area contributed by atoms with Crippen LogP contribution in [0.15, 0.2) is 23.9 Å². The van der Waals surface area contributed by atoms with Crippen molar-refractivity contribution in [3.8, 4) is 0 Å². The van der Waals surface area contributed by atoms with Crippen molar-refractivity contribution >= 4 is 0 Å². The smallest absolute Gasteiger partial charge is 0.104 e. The molecule has 0 radical (unpaired) electrons. The van der Waals surface area contributed by atoms with Crippen molar-refractivity contribution in [2.24, 2.45) is 0 Å². The van der Waals surface area contributed by atoms with Crippen LogP contribution in [0.4, 0.5) is 0 Å². The summed E-state index contributed by atoms with van der Waals surface area (Å²) in [5, 5.41) is 0. The summed E-state index contributed by atoms with van der Waals surface area (Å²) in [5.74, 6) is 0. The average molecular weight is 124 g/mol. The summed E-state index contributed by atoms with van der Waals surface area (Å²) >= 11 is 0. The van der Waals surface area contributed by atoms with Crippen molar-refractivity contribution in [2.75, 3.05) is 20.6 Å². The zero-order valence-corrected chi connectivity index (χ0v) is 6.39. The molecular formula is C8H14N+. The van der Waals surface area contributed by atoms with Crippen LogP contribution >= 0.6 is 0 Å². The molecule has 1 aliphatic rings. The Morgan fingerprint density at radius 1 is 1.44 bits per heavy atom. The van der Waals surface area contributed by atoms with Gasteiger partial charge >= 0.3 is 0 Å². The average Bonchev–Trinajstić information content (AvgIpc) is 1.60. The van der Waals surface area contributed by atoms with E-state index in [0.717, 1.165) is 11.0 Å². The molecule has 0 spiro atoms. The maximum atomic E-state index is 2.20. The van der Waals surface area contributed by atoms with Crippen LogP contribution in [0.2, 0.25) is 0 Å². The van der Waals surface area contributed by atoms with Crippen LogP contribution in [0.3, 0.4) is 0 Å². The fraction of sp³-hybridized carbons (Fsp3) is 0.500. The molecule has 0 saturated carbocycles. The van der Waals surface area contributed by atoms with Crippen LogP contribution in [-0.2, 0) is 0 Å². The lowest BCUT2D eigenvalue weighted by atomic mass is 10.2. The lowest BCUT2D eigenvalue weighted by molar-refractivity contribution is -0.834. The van der Waals surface area contributed by atoms with Gasteiger partial charge in [0.05, 0.1) is 20.3 Å². The molecule has 0 aromatic rings. The van der Waals surface area contributed by atoms with Gasteiger partial charge in [0.2, 0.25) is 0 Å². The van der Waals surface area contributed by atoms with Crippen LogP contribution in [0.1, 0.15) is 6.92 Å². The highest BCUT2D eigenvalue weighted by Gasteiger charge is 2.13. The highest BCUT2D eigenvalue weighted by atomic mass is 15.3. The number of hydrogen-bond acceptors (Lipinski definition) is 0. The molecule has 0 aromatic carbocycles. The van der Waals surface area contributed by atoms with Crippen LogP contribution in [0.25, 0.3) is 0 Å². The van der Waals surface area contributed by atoms with E-state index in [2.05, 4.69) is 39.4 Å². The second kappa shape index (κ2) is 1.99. The van der Waals surface area contributed by atoms with Crippen LogP contribution in [0, 0.1) is 0 Å². The Bertz CT molecular complexity index is 163. The summed E-state index contributed by atoms with van der Waals surface area (Å²) in [5.41, 5.74) is 1.46. The van der Waals surface area contributed by atoms with E-state index < -0.39 is 0 Å².